The second-order valence-electron chi connectivity index (χ2n) is 7.75. The van der Waals surface area contributed by atoms with Gasteiger partial charge in [-0.2, -0.15) is 0 Å². The Kier molecular flexibility index (Phi) is 3.72. The Morgan fingerprint density at radius 2 is 1.93 bits per heavy atom. The van der Waals surface area contributed by atoms with E-state index in [1.165, 1.54) is 5.56 Å². The Balaban J connectivity index is 1.84. The highest BCUT2D eigenvalue weighted by molar-refractivity contribution is 5.90. The van der Waals surface area contributed by atoms with Crippen molar-refractivity contribution in [3.63, 3.8) is 0 Å². The Morgan fingerprint density at radius 3 is 2.66 bits per heavy atom. The number of aromatic nitrogens is 2. The number of carbonyl (C=O) groups is 1. The van der Waals surface area contributed by atoms with E-state index < -0.39 is 11.5 Å². The van der Waals surface area contributed by atoms with E-state index >= 15 is 0 Å². The Labute approximate surface area is 167 Å². The zero-order valence-electron chi connectivity index (χ0n) is 16.4. The fraction of sp³-hybridized carbons (Fsp3) is 0.318. The van der Waals surface area contributed by atoms with E-state index in [4.69, 9.17) is 10.8 Å². The van der Waals surface area contributed by atoms with Crippen LogP contribution in [-0.2, 0) is 29.9 Å². The summed E-state index contributed by atoms with van der Waals surface area (Å²) in [6.45, 7) is 4.23. The molecule has 0 aliphatic carbocycles. The van der Waals surface area contributed by atoms with Crippen LogP contribution in [0.5, 0.6) is 0 Å². The maximum Gasteiger partial charge on any atom is 0.273 e. The van der Waals surface area contributed by atoms with Crippen LogP contribution in [0.3, 0.4) is 0 Å². The monoisotopic (exact) mass is 390 g/mol. The number of aryl methyl sites for hydroxylation is 1. The SMILES string of the molecule is CCc1c2c(nc3ccccc13)-c1cc3c(c(=O)n1C2)CN(N)C(=O)[C@]3(O)CC. The van der Waals surface area contributed by atoms with Gasteiger partial charge in [-0.3, -0.25) is 14.6 Å². The van der Waals surface area contributed by atoms with Crippen molar-refractivity contribution >= 4 is 16.8 Å². The third-order valence-corrected chi connectivity index (χ3v) is 6.32. The van der Waals surface area contributed by atoms with Crippen LogP contribution in [0.2, 0.25) is 0 Å². The van der Waals surface area contributed by atoms with E-state index in [0.717, 1.165) is 33.6 Å². The van der Waals surface area contributed by atoms with Gasteiger partial charge in [-0.1, -0.05) is 32.0 Å². The molecule has 0 unspecified atom stereocenters. The molecule has 7 heteroatoms. The van der Waals surface area contributed by atoms with Crippen molar-refractivity contribution in [3.05, 3.63) is 62.9 Å². The molecule has 1 amide bonds. The average molecular weight is 390 g/mol. The minimum atomic E-state index is -1.80. The zero-order valence-corrected chi connectivity index (χ0v) is 16.4. The lowest BCUT2D eigenvalue weighted by atomic mass is 9.83. The molecule has 0 fully saturated rings. The average Bonchev–Trinajstić information content (AvgIpc) is 3.10. The number of rotatable bonds is 2. The molecule has 1 aromatic carbocycles. The molecule has 0 bridgehead atoms. The molecular weight excluding hydrogens is 368 g/mol. The summed E-state index contributed by atoms with van der Waals surface area (Å²) in [7, 11) is 0. The molecule has 5 rings (SSSR count). The molecule has 3 N–H and O–H groups in total. The highest BCUT2D eigenvalue weighted by Crippen LogP contribution is 2.40. The highest BCUT2D eigenvalue weighted by atomic mass is 16.3. The highest BCUT2D eigenvalue weighted by Gasteiger charge is 2.46. The Bertz CT molecular complexity index is 1260. The van der Waals surface area contributed by atoms with Gasteiger partial charge in [0.25, 0.3) is 11.5 Å². The molecule has 148 valence electrons. The van der Waals surface area contributed by atoms with E-state index in [9.17, 15) is 14.7 Å². The standard InChI is InChI=1S/C22H22N4O3/c1-3-12-13-7-5-6-8-17(13)24-19-14(12)10-25-18(19)9-16-15(20(25)27)11-26(23)21(28)22(16,29)4-2/h5-9,29H,3-4,10-11,23H2,1-2H3/t22-/m0/s1. The summed E-state index contributed by atoms with van der Waals surface area (Å²) in [6, 6.07) is 9.72. The van der Waals surface area contributed by atoms with Crippen molar-refractivity contribution in [1.29, 1.82) is 0 Å². The largest absolute Gasteiger partial charge is 0.375 e. The second-order valence-corrected chi connectivity index (χ2v) is 7.75. The smallest absolute Gasteiger partial charge is 0.273 e. The molecule has 0 radical (unpaired) electrons. The Hall–Kier alpha value is -3.03. The first-order valence-electron chi connectivity index (χ1n) is 9.87. The van der Waals surface area contributed by atoms with Gasteiger partial charge in [0, 0.05) is 22.1 Å². The van der Waals surface area contributed by atoms with Crippen LogP contribution in [-0.4, -0.2) is 25.6 Å². The summed E-state index contributed by atoms with van der Waals surface area (Å²) in [4.78, 5) is 30.8. The fourth-order valence-corrected chi connectivity index (χ4v) is 4.76. The normalized spacial score (nSPS) is 20.0. The van der Waals surface area contributed by atoms with E-state index in [1.807, 2.05) is 18.2 Å². The number of hydrogen-bond donors (Lipinski definition) is 2. The van der Waals surface area contributed by atoms with Crippen LogP contribution in [0.15, 0.2) is 35.1 Å². The summed E-state index contributed by atoms with van der Waals surface area (Å²) in [5, 5.41) is 13.1. The lowest BCUT2D eigenvalue weighted by Gasteiger charge is -2.37. The van der Waals surface area contributed by atoms with E-state index in [1.54, 1.807) is 17.6 Å². The summed E-state index contributed by atoms with van der Waals surface area (Å²) >= 11 is 0. The predicted molar refractivity (Wildman–Crippen MR) is 109 cm³/mol. The van der Waals surface area contributed by atoms with Gasteiger partial charge >= 0.3 is 0 Å². The van der Waals surface area contributed by atoms with Crippen molar-refractivity contribution in [3.8, 4) is 11.4 Å². The van der Waals surface area contributed by atoms with Gasteiger partial charge in [0.2, 0.25) is 0 Å². The van der Waals surface area contributed by atoms with Crippen molar-refractivity contribution in [2.75, 3.05) is 0 Å². The van der Waals surface area contributed by atoms with Gasteiger partial charge in [-0.15, -0.1) is 0 Å². The molecule has 2 aromatic heterocycles. The fourth-order valence-electron chi connectivity index (χ4n) is 4.76. The van der Waals surface area contributed by atoms with Crippen LogP contribution in [0, 0.1) is 0 Å². The van der Waals surface area contributed by atoms with Crippen LogP contribution in [0.4, 0.5) is 0 Å². The number of benzene rings is 1. The molecule has 0 saturated carbocycles. The van der Waals surface area contributed by atoms with Crippen molar-refractivity contribution in [2.24, 2.45) is 5.84 Å². The second kappa shape index (κ2) is 5.98. The van der Waals surface area contributed by atoms with Gasteiger partial charge in [-0.05, 0) is 30.5 Å². The lowest BCUT2D eigenvalue weighted by Crippen LogP contribution is -2.55. The van der Waals surface area contributed by atoms with Crippen LogP contribution in [0.1, 0.15) is 42.5 Å². The van der Waals surface area contributed by atoms with Gasteiger partial charge < -0.3 is 9.67 Å². The van der Waals surface area contributed by atoms with Crippen LogP contribution < -0.4 is 11.4 Å². The third-order valence-electron chi connectivity index (χ3n) is 6.32. The minimum absolute atomic E-state index is 0.0119. The number of pyridine rings is 2. The zero-order chi connectivity index (χ0) is 20.5. The Morgan fingerprint density at radius 1 is 1.17 bits per heavy atom. The first-order valence-corrected chi connectivity index (χ1v) is 9.87. The number of fused-ring (bicyclic) bond motifs is 5. The first-order chi connectivity index (χ1) is 13.9. The lowest BCUT2D eigenvalue weighted by molar-refractivity contribution is -0.156. The van der Waals surface area contributed by atoms with Gasteiger partial charge in [-0.25, -0.2) is 10.8 Å². The minimum Gasteiger partial charge on any atom is -0.375 e. The van der Waals surface area contributed by atoms with Gasteiger partial charge in [0.1, 0.15) is 0 Å². The molecule has 3 aromatic rings. The van der Waals surface area contributed by atoms with Crippen molar-refractivity contribution in [1.82, 2.24) is 14.6 Å². The molecular formula is C22H22N4O3. The maximum absolute atomic E-state index is 13.4. The molecule has 2 aliphatic rings. The predicted octanol–water partition coefficient (Wildman–Crippen LogP) is 1.80. The summed E-state index contributed by atoms with van der Waals surface area (Å²) in [5.41, 5.74) is 3.17. The maximum atomic E-state index is 13.4. The molecule has 2 aliphatic heterocycles. The number of para-hydroxylation sites is 1. The number of amides is 1. The number of carbonyl (C=O) groups excluding carboxylic acids is 1. The van der Waals surface area contributed by atoms with E-state index in [-0.39, 0.29) is 18.5 Å². The van der Waals surface area contributed by atoms with Crippen LogP contribution in [0.25, 0.3) is 22.3 Å². The summed E-state index contributed by atoms with van der Waals surface area (Å²) in [5.74, 6) is 5.23. The summed E-state index contributed by atoms with van der Waals surface area (Å²) in [6.07, 6.45) is 0.954. The summed E-state index contributed by atoms with van der Waals surface area (Å²) < 4.78 is 1.69. The van der Waals surface area contributed by atoms with Gasteiger partial charge in [0.15, 0.2) is 5.60 Å². The number of hydrogen-bond acceptors (Lipinski definition) is 5. The van der Waals surface area contributed by atoms with E-state index in [2.05, 4.69) is 13.0 Å². The topological polar surface area (TPSA) is 101 Å². The molecule has 29 heavy (non-hydrogen) atoms. The number of nitrogens with zero attached hydrogens (tertiary/aromatic N) is 3. The molecule has 7 nitrogen and oxygen atoms in total. The third kappa shape index (κ3) is 2.22. The molecule has 0 saturated heterocycles. The first kappa shape index (κ1) is 18.0. The quantitative estimate of drug-likeness (QED) is 0.401. The number of hydrazine groups is 1. The molecule has 1 atom stereocenters. The van der Waals surface area contributed by atoms with Crippen molar-refractivity contribution < 1.29 is 9.90 Å². The number of aliphatic hydroxyl groups is 1. The molecule has 0 spiro atoms. The number of nitrogens with two attached hydrogens (primary N) is 1. The van der Waals surface area contributed by atoms with E-state index in [0.29, 0.717) is 23.4 Å². The van der Waals surface area contributed by atoms with Crippen molar-refractivity contribution in [2.45, 2.75) is 45.4 Å². The van der Waals surface area contributed by atoms with Gasteiger partial charge in [0.05, 0.1) is 30.0 Å². The molecule has 4 heterocycles. The van der Waals surface area contributed by atoms with Crippen LogP contribution >= 0.6 is 0 Å².